The fourth-order valence-electron chi connectivity index (χ4n) is 3.71. The molecule has 0 amide bonds. The van der Waals surface area contributed by atoms with Gasteiger partial charge in [0.15, 0.2) is 5.78 Å². The zero-order chi connectivity index (χ0) is 17.4. The van der Waals surface area contributed by atoms with Crippen LogP contribution in [0.15, 0.2) is 47.1 Å². The van der Waals surface area contributed by atoms with Crippen molar-refractivity contribution >= 4 is 16.8 Å². The number of ketones is 1. The Hall–Kier alpha value is -2.33. The molecule has 3 aromatic rings. The number of likely N-dealkylation sites (tertiary alicyclic amines) is 1. The molecule has 3 heterocycles. The largest absolute Gasteiger partial charge is 0.461 e. The molecule has 0 spiro atoms. The lowest BCUT2D eigenvalue weighted by Crippen LogP contribution is -2.28. The average Bonchev–Trinajstić information content (AvgIpc) is 3.31. The lowest BCUT2D eigenvalue weighted by molar-refractivity contribution is 0.101. The van der Waals surface area contributed by atoms with Crippen LogP contribution in [-0.4, -0.2) is 34.4 Å². The van der Waals surface area contributed by atoms with E-state index in [1.54, 1.807) is 6.92 Å². The van der Waals surface area contributed by atoms with Crippen molar-refractivity contribution in [3.63, 3.8) is 0 Å². The number of rotatable bonds is 5. The van der Waals surface area contributed by atoms with E-state index in [2.05, 4.69) is 24.0 Å². The van der Waals surface area contributed by atoms with E-state index in [-0.39, 0.29) is 5.78 Å². The molecule has 1 fully saturated rings. The van der Waals surface area contributed by atoms with Crippen molar-refractivity contribution in [1.29, 1.82) is 0 Å². The molecule has 1 atom stereocenters. The van der Waals surface area contributed by atoms with Gasteiger partial charge in [0.2, 0.25) is 0 Å². The molecular formula is C21H24N2O2. The fraction of sp³-hybridized carbons (Fsp3) is 0.381. The highest BCUT2D eigenvalue weighted by Crippen LogP contribution is 2.24. The molecule has 4 heteroatoms. The van der Waals surface area contributed by atoms with E-state index in [0.717, 1.165) is 40.9 Å². The average molecular weight is 336 g/mol. The van der Waals surface area contributed by atoms with Crippen molar-refractivity contribution in [2.75, 3.05) is 13.1 Å². The van der Waals surface area contributed by atoms with E-state index >= 15 is 0 Å². The second-order valence-electron chi connectivity index (χ2n) is 7.08. The monoisotopic (exact) mass is 336 g/mol. The SMILES string of the molecule is CC(=O)c1ccn(-c2ccc3oc(CCN4CCCC4C)cc3c2)c1. The Kier molecular flexibility index (Phi) is 4.22. The van der Waals surface area contributed by atoms with Gasteiger partial charge in [-0.1, -0.05) is 0 Å². The summed E-state index contributed by atoms with van der Waals surface area (Å²) in [4.78, 5) is 14.0. The summed E-state index contributed by atoms with van der Waals surface area (Å²) >= 11 is 0. The summed E-state index contributed by atoms with van der Waals surface area (Å²) < 4.78 is 7.99. The first-order chi connectivity index (χ1) is 12.1. The van der Waals surface area contributed by atoms with Crippen LogP contribution in [0.25, 0.3) is 16.7 Å². The van der Waals surface area contributed by atoms with Gasteiger partial charge in [0, 0.05) is 48.0 Å². The molecule has 4 nitrogen and oxygen atoms in total. The molecule has 4 rings (SSSR count). The van der Waals surface area contributed by atoms with Gasteiger partial charge < -0.3 is 13.9 Å². The number of benzene rings is 1. The van der Waals surface area contributed by atoms with Gasteiger partial charge in [-0.05, 0) is 63.6 Å². The number of carbonyl (C=O) groups excluding carboxylic acids is 1. The molecule has 0 N–H and O–H groups in total. The van der Waals surface area contributed by atoms with E-state index in [9.17, 15) is 4.79 Å². The van der Waals surface area contributed by atoms with Crippen molar-refractivity contribution in [2.45, 2.75) is 39.2 Å². The molecule has 0 bridgehead atoms. The lowest BCUT2D eigenvalue weighted by atomic mass is 10.2. The zero-order valence-corrected chi connectivity index (χ0v) is 14.9. The van der Waals surface area contributed by atoms with E-state index in [1.165, 1.54) is 19.4 Å². The summed E-state index contributed by atoms with van der Waals surface area (Å²) in [6.07, 6.45) is 7.37. The van der Waals surface area contributed by atoms with Crippen molar-refractivity contribution < 1.29 is 9.21 Å². The Morgan fingerprint density at radius 3 is 2.88 bits per heavy atom. The maximum Gasteiger partial charge on any atom is 0.161 e. The molecule has 0 aliphatic carbocycles. The number of hydrogen-bond donors (Lipinski definition) is 0. The molecule has 0 saturated carbocycles. The first-order valence-electron chi connectivity index (χ1n) is 9.06. The molecule has 130 valence electrons. The molecule has 0 radical (unpaired) electrons. The molecule has 2 aromatic heterocycles. The Morgan fingerprint density at radius 2 is 2.16 bits per heavy atom. The second kappa shape index (κ2) is 6.52. The van der Waals surface area contributed by atoms with Crippen LogP contribution in [0.4, 0.5) is 0 Å². The van der Waals surface area contributed by atoms with Crippen LogP contribution in [0.5, 0.6) is 0 Å². The molecule has 1 unspecified atom stereocenters. The van der Waals surface area contributed by atoms with Gasteiger partial charge in [-0.25, -0.2) is 0 Å². The minimum atomic E-state index is 0.0848. The minimum absolute atomic E-state index is 0.0848. The normalized spacial score (nSPS) is 18.2. The summed E-state index contributed by atoms with van der Waals surface area (Å²) in [7, 11) is 0. The van der Waals surface area contributed by atoms with Crippen LogP contribution in [0, 0.1) is 0 Å². The summed E-state index contributed by atoms with van der Waals surface area (Å²) in [5.74, 6) is 1.13. The molecular weight excluding hydrogens is 312 g/mol. The predicted octanol–water partition coefficient (Wildman–Crippen LogP) is 4.45. The number of nitrogens with zero attached hydrogens (tertiary/aromatic N) is 2. The molecule has 1 aliphatic rings. The van der Waals surface area contributed by atoms with E-state index in [0.29, 0.717) is 6.04 Å². The zero-order valence-electron chi connectivity index (χ0n) is 14.9. The highest BCUT2D eigenvalue weighted by Gasteiger charge is 2.20. The molecule has 1 saturated heterocycles. The Labute approximate surface area is 148 Å². The summed E-state index contributed by atoms with van der Waals surface area (Å²) in [6, 6.07) is 10.9. The van der Waals surface area contributed by atoms with Crippen molar-refractivity contribution in [3.05, 3.63) is 54.0 Å². The van der Waals surface area contributed by atoms with E-state index in [1.807, 2.05) is 35.2 Å². The van der Waals surface area contributed by atoms with Crippen LogP contribution >= 0.6 is 0 Å². The lowest BCUT2D eigenvalue weighted by Gasteiger charge is -2.19. The maximum absolute atomic E-state index is 11.5. The Bertz CT molecular complexity index is 906. The molecule has 1 aliphatic heterocycles. The maximum atomic E-state index is 11.5. The van der Waals surface area contributed by atoms with Crippen molar-refractivity contribution in [2.24, 2.45) is 0 Å². The van der Waals surface area contributed by atoms with Crippen LogP contribution in [0.3, 0.4) is 0 Å². The predicted molar refractivity (Wildman–Crippen MR) is 99.5 cm³/mol. The van der Waals surface area contributed by atoms with Gasteiger partial charge >= 0.3 is 0 Å². The Morgan fingerprint density at radius 1 is 1.28 bits per heavy atom. The Balaban J connectivity index is 1.53. The number of carbonyl (C=O) groups is 1. The van der Waals surface area contributed by atoms with E-state index in [4.69, 9.17) is 4.42 Å². The quantitative estimate of drug-likeness (QED) is 0.646. The van der Waals surface area contributed by atoms with E-state index < -0.39 is 0 Å². The molecule has 25 heavy (non-hydrogen) atoms. The first-order valence-corrected chi connectivity index (χ1v) is 9.06. The summed E-state index contributed by atoms with van der Waals surface area (Å²) in [5.41, 5.74) is 2.69. The third-order valence-electron chi connectivity index (χ3n) is 5.28. The number of Topliss-reactive ketones (excluding diaryl/α,β-unsaturated/α-hetero) is 1. The standard InChI is InChI=1S/C21H24N2O2/c1-15-4-3-9-22(15)11-8-20-13-18-12-19(5-6-21(18)25-20)23-10-7-17(14-23)16(2)24/h5-7,10,12-15H,3-4,8-9,11H2,1-2H3. The third-order valence-corrected chi connectivity index (χ3v) is 5.28. The highest BCUT2D eigenvalue weighted by atomic mass is 16.3. The van der Waals surface area contributed by atoms with Gasteiger partial charge in [-0.2, -0.15) is 0 Å². The van der Waals surface area contributed by atoms with Crippen LogP contribution in [0.2, 0.25) is 0 Å². The van der Waals surface area contributed by atoms with Gasteiger partial charge in [0.05, 0.1) is 0 Å². The van der Waals surface area contributed by atoms with Gasteiger partial charge in [0.1, 0.15) is 11.3 Å². The first kappa shape index (κ1) is 16.2. The fourth-order valence-corrected chi connectivity index (χ4v) is 3.71. The smallest absolute Gasteiger partial charge is 0.161 e. The second-order valence-corrected chi connectivity index (χ2v) is 7.08. The van der Waals surface area contributed by atoms with Crippen LogP contribution in [0.1, 0.15) is 42.8 Å². The summed E-state index contributed by atoms with van der Waals surface area (Å²) in [6.45, 7) is 6.17. The van der Waals surface area contributed by atoms with Gasteiger partial charge in [-0.15, -0.1) is 0 Å². The van der Waals surface area contributed by atoms with Gasteiger partial charge in [0.25, 0.3) is 0 Å². The third kappa shape index (κ3) is 3.27. The topological polar surface area (TPSA) is 38.4 Å². The number of fused-ring (bicyclic) bond motifs is 1. The summed E-state index contributed by atoms with van der Waals surface area (Å²) in [5, 5.41) is 1.11. The number of aromatic nitrogens is 1. The van der Waals surface area contributed by atoms with Crippen LogP contribution in [-0.2, 0) is 6.42 Å². The highest BCUT2D eigenvalue weighted by molar-refractivity contribution is 5.94. The van der Waals surface area contributed by atoms with Crippen LogP contribution < -0.4 is 0 Å². The van der Waals surface area contributed by atoms with Gasteiger partial charge in [-0.3, -0.25) is 4.79 Å². The number of furan rings is 1. The van der Waals surface area contributed by atoms with Crippen molar-refractivity contribution in [1.82, 2.24) is 9.47 Å². The molecule has 1 aromatic carbocycles. The van der Waals surface area contributed by atoms with Crippen molar-refractivity contribution in [3.8, 4) is 5.69 Å². The number of hydrogen-bond acceptors (Lipinski definition) is 3. The minimum Gasteiger partial charge on any atom is -0.461 e.